The van der Waals surface area contributed by atoms with E-state index in [0.717, 1.165) is 6.42 Å². The van der Waals surface area contributed by atoms with E-state index in [0.29, 0.717) is 0 Å². The molecule has 1 heterocycles. The van der Waals surface area contributed by atoms with Gasteiger partial charge in [-0.25, -0.2) is 0 Å². The van der Waals surface area contributed by atoms with Crippen molar-refractivity contribution in [2.45, 2.75) is 46.5 Å². The van der Waals surface area contributed by atoms with Gasteiger partial charge in [0, 0.05) is 9.58 Å². The first-order chi connectivity index (χ1) is 10.7. The van der Waals surface area contributed by atoms with Crippen molar-refractivity contribution in [3.8, 4) is 0 Å². The van der Waals surface area contributed by atoms with Gasteiger partial charge in [0.1, 0.15) is 0 Å². The van der Waals surface area contributed by atoms with Gasteiger partial charge in [-0.2, -0.15) is 0 Å². The molecule has 0 bridgehead atoms. The van der Waals surface area contributed by atoms with Gasteiger partial charge in [0.25, 0.3) is 0 Å². The van der Waals surface area contributed by atoms with Crippen molar-refractivity contribution in [2.24, 2.45) is 0 Å². The molecule has 2 aromatic rings. The normalized spacial score (nSPS) is 14.0. The second-order valence-corrected chi connectivity index (χ2v) is 29.3. The number of thiophene rings is 1. The van der Waals surface area contributed by atoms with Crippen LogP contribution in [0.5, 0.6) is 0 Å². The van der Waals surface area contributed by atoms with Crippen molar-refractivity contribution >= 4 is 61.0 Å². The monoisotopic (exact) mass is 486 g/mol. The minimum atomic E-state index is -3.29. The summed E-state index contributed by atoms with van der Waals surface area (Å²) < 4.78 is 1.49. The molecule has 3 rings (SSSR count). The average Bonchev–Trinajstić information content (AvgIpc) is 2.92. The second kappa shape index (κ2) is 8.56. The summed E-state index contributed by atoms with van der Waals surface area (Å²) in [6.45, 7) is 6.80. The molecule has 0 atom stereocenters. The van der Waals surface area contributed by atoms with E-state index in [1.807, 2.05) is 11.3 Å². The third-order valence-corrected chi connectivity index (χ3v) is 5.41. The topological polar surface area (TPSA) is 0 Å². The number of aryl methyl sites for hydroxylation is 1. The molecule has 0 radical (unpaired) electrons. The van der Waals surface area contributed by atoms with Crippen LogP contribution in [-0.2, 0) is 28.3 Å². The molecule has 23 heavy (non-hydrogen) atoms. The van der Waals surface area contributed by atoms with Gasteiger partial charge in [-0.3, -0.25) is 0 Å². The van der Waals surface area contributed by atoms with Crippen molar-refractivity contribution in [1.29, 1.82) is 0 Å². The van der Waals surface area contributed by atoms with E-state index in [4.69, 9.17) is 34.1 Å². The average molecular weight is 489 g/mol. The van der Waals surface area contributed by atoms with Crippen molar-refractivity contribution in [3.63, 3.8) is 0 Å². The second-order valence-electron chi connectivity index (χ2n) is 5.85. The Labute approximate surface area is 161 Å². The Morgan fingerprint density at radius 1 is 1.13 bits per heavy atom. The maximum absolute atomic E-state index is 5.04. The summed E-state index contributed by atoms with van der Waals surface area (Å²) in [7, 11) is 20.1. The van der Waals surface area contributed by atoms with Crippen molar-refractivity contribution in [3.05, 3.63) is 39.8 Å². The van der Waals surface area contributed by atoms with Gasteiger partial charge >= 0.3 is 49.5 Å². The van der Waals surface area contributed by atoms with E-state index >= 15 is 0 Å². The number of benzene rings is 1. The van der Waals surface area contributed by atoms with Crippen LogP contribution in [0.15, 0.2) is 23.8 Å². The van der Waals surface area contributed by atoms with E-state index in [1.165, 1.54) is 45.4 Å². The van der Waals surface area contributed by atoms with Gasteiger partial charge in [-0.05, 0) is 61.3 Å². The zero-order valence-corrected chi connectivity index (χ0v) is 19.8. The summed E-state index contributed by atoms with van der Waals surface area (Å²) in [5.74, 6) is 0. The number of allylic oxidation sites excluding steroid dienone is 2. The molecule has 0 unspecified atom stereocenters. The van der Waals surface area contributed by atoms with Crippen LogP contribution < -0.4 is 0 Å². The quantitative estimate of drug-likeness (QED) is 0.407. The molecule has 0 fully saturated rings. The van der Waals surface area contributed by atoms with E-state index in [1.54, 1.807) is 11.1 Å². The van der Waals surface area contributed by atoms with Gasteiger partial charge in [0.15, 0.2) is 0 Å². The summed E-state index contributed by atoms with van der Waals surface area (Å²) in [4.78, 5) is 1.54. The fourth-order valence-electron chi connectivity index (χ4n) is 2.80. The van der Waals surface area contributed by atoms with E-state index < -0.39 is 15.5 Å². The summed E-state index contributed by atoms with van der Waals surface area (Å²) in [6.07, 6.45) is 4.97. The van der Waals surface area contributed by atoms with Gasteiger partial charge in [-0.15, -0.1) is 11.3 Å². The molecule has 0 spiro atoms. The number of hydrogen-bond acceptors (Lipinski definition) is 1. The first-order valence-corrected chi connectivity index (χ1v) is 21.1. The van der Waals surface area contributed by atoms with E-state index in [9.17, 15) is 0 Å². The zero-order chi connectivity index (χ0) is 17.2. The fraction of sp³-hybridized carbons (Fsp3) is 0.412. The number of halogens is 4. The Balaban J connectivity index is 0.000000338. The molecule has 1 aromatic carbocycles. The van der Waals surface area contributed by atoms with Crippen molar-refractivity contribution in [1.82, 2.24) is 0 Å². The minimum absolute atomic E-state index is 1.16. The van der Waals surface area contributed by atoms with Crippen LogP contribution in [0, 0.1) is 0 Å². The van der Waals surface area contributed by atoms with E-state index in [2.05, 4.69) is 39.0 Å². The van der Waals surface area contributed by atoms with Crippen molar-refractivity contribution in [2.75, 3.05) is 0 Å². The summed E-state index contributed by atoms with van der Waals surface area (Å²) in [5.41, 5.74) is 6.14. The van der Waals surface area contributed by atoms with Crippen LogP contribution in [0.1, 0.15) is 49.6 Å². The standard InChI is InChI=1S/C17H20S.4ClH.Zr/c1-4-5-6-13-7-8-14-15-9-11(2)12(3)17(15)18-16(14)10-13;;;;;/h7-8,10H,4-6,9H2,1-3H3;4*1H;/q;;;;;+4/p-4. The number of fused-ring (bicyclic) bond motifs is 3. The molecule has 0 aliphatic heterocycles. The van der Waals surface area contributed by atoms with Crippen LogP contribution >= 0.6 is 45.4 Å². The first kappa shape index (κ1) is 20.3. The van der Waals surface area contributed by atoms with Crippen LogP contribution in [0.2, 0.25) is 0 Å². The predicted octanol–water partition coefficient (Wildman–Crippen LogP) is 8.35. The van der Waals surface area contributed by atoms with Crippen LogP contribution in [-0.4, -0.2) is 0 Å². The zero-order valence-electron chi connectivity index (χ0n) is 13.5. The van der Waals surface area contributed by atoms with Crippen molar-refractivity contribution < 1.29 is 15.5 Å². The molecule has 0 nitrogen and oxygen atoms in total. The Kier molecular flexibility index (Phi) is 7.55. The molecule has 126 valence electrons. The molecule has 1 aliphatic carbocycles. The third kappa shape index (κ3) is 5.73. The maximum atomic E-state index is 5.04. The molecule has 0 N–H and O–H groups in total. The number of unbranched alkanes of at least 4 members (excludes halogenated alkanes) is 1. The third-order valence-electron chi connectivity index (χ3n) is 4.10. The Morgan fingerprint density at radius 2 is 1.78 bits per heavy atom. The Bertz CT molecular complexity index is 722. The molecule has 0 saturated carbocycles. The number of rotatable bonds is 3. The van der Waals surface area contributed by atoms with Gasteiger partial charge in [0.2, 0.25) is 0 Å². The molecule has 0 saturated heterocycles. The predicted molar refractivity (Wildman–Crippen MR) is 106 cm³/mol. The van der Waals surface area contributed by atoms with Gasteiger partial charge < -0.3 is 0 Å². The Hall–Kier alpha value is 0.963. The first-order valence-electron chi connectivity index (χ1n) is 7.67. The molecule has 0 amide bonds. The Morgan fingerprint density at radius 3 is 2.39 bits per heavy atom. The van der Waals surface area contributed by atoms with Gasteiger partial charge in [-0.1, -0.05) is 31.1 Å². The molecular formula is C17H20Cl4SZr. The molecule has 6 heteroatoms. The van der Waals surface area contributed by atoms with Crippen LogP contribution in [0.25, 0.3) is 15.7 Å². The summed E-state index contributed by atoms with van der Waals surface area (Å²) in [6, 6.07) is 7.09. The molecule has 1 aliphatic rings. The SMILES string of the molecule is CCCCc1ccc2c3c(sc2c1)C(C)=C(C)C3.[Cl][Zr]([Cl])([Cl])[Cl]. The van der Waals surface area contributed by atoms with E-state index in [-0.39, 0.29) is 0 Å². The molecule has 1 aromatic heterocycles. The summed E-state index contributed by atoms with van der Waals surface area (Å²) >= 11 is -1.30. The summed E-state index contributed by atoms with van der Waals surface area (Å²) in [5, 5.41) is 1.49. The number of hydrogen-bond donors (Lipinski definition) is 0. The van der Waals surface area contributed by atoms with Crippen LogP contribution in [0.3, 0.4) is 0 Å². The van der Waals surface area contributed by atoms with Crippen LogP contribution in [0.4, 0.5) is 0 Å². The fourth-order valence-corrected chi connectivity index (χ4v) is 4.16. The van der Waals surface area contributed by atoms with Gasteiger partial charge in [0.05, 0.1) is 0 Å². The molecular weight excluding hydrogens is 469 g/mol.